The zero-order chi connectivity index (χ0) is 14.6. The van der Waals surface area contributed by atoms with E-state index < -0.39 is 0 Å². The average Bonchev–Trinajstić information content (AvgIpc) is 2.35. The minimum atomic E-state index is 0.455. The van der Waals surface area contributed by atoms with Gasteiger partial charge in [0.1, 0.15) is 0 Å². The van der Waals surface area contributed by atoms with Gasteiger partial charge >= 0.3 is 0 Å². The van der Waals surface area contributed by atoms with Crippen molar-refractivity contribution >= 4 is 5.69 Å². The molecule has 2 atom stereocenters. The minimum absolute atomic E-state index is 0.455. The lowest BCUT2D eigenvalue weighted by Gasteiger charge is -2.40. The number of para-hydroxylation sites is 1. The van der Waals surface area contributed by atoms with Crippen molar-refractivity contribution in [3.63, 3.8) is 0 Å². The van der Waals surface area contributed by atoms with Gasteiger partial charge in [-0.15, -0.1) is 0 Å². The lowest BCUT2D eigenvalue weighted by molar-refractivity contribution is 0.177. The molecule has 0 aliphatic heterocycles. The Morgan fingerprint density at radius 3 is 2.70 bits per heavy atom. The van der Waals surface area contributed by atoms with Crippen molar-refractivity contribution in [1.82, 2.24) is 0 Å². The van der Waals surface area contributed by atoms with E-state index in [1.165, 1.54) is 30.5 Å². The molecule has 0 saturated heterocycles. The van der Waals surface area contributed by atoms with Crippen LogP contribution in [0.3, 0.4) is 0 Å². The summed E-state index contributed by atoms with van der Waals surface area (Å²) in [5.41, 5.74) is 3.11. The molecule has 1 aliphatic carbocycles. The van der Waals surface area contributed by atoms with Gasteiger partial charge in [-0.3, -0.25) is 0 Å². The van der Waals surface area contributed by atoms with Crippen LogP contribution in [-0.2, 0) is 11.2 Å². The van der Waals surface area contributed by atoms with Gasteiger partial charge in [0.15, 0.2) is 0 Å². The van der Waals surface area contributed by atoms with Crippen LogP contribution in [0.25, 0.3) is 0 Å². The first kappa shape index (κ1) is 15.4. The Morgan fingerprint density at radius 1 is 1.25 bits per heavy atom. The summed E-state index contributed by atoms with van der Waals surface area (Å²) in [5, 5.41) is 3.79. The second-order valence-corrected chi connectivity index (χ2v) is 7.15. The summed E-state index contributed by atoms with van der Waals surface area (Å²) >= 11 is 0. The van der Waals surface area contributed by atoms with Gasteiger partial charge < -0.3 is 10.1 Å². The zero-order valence-corrected chi connectivity index (χ0v) is 13.4. The fraction of sp³-hybridized carbons (Fsp3) is 0.667. The molecule has 2 unspecified atom stereocenters. The van der Waals surface area contributed by atoms with Crippen molar-refractivity contribution in [2.45, 2.75) is 52.5 Å². The van der Waals surface area contributed by atoms with Crippen LogP contribution in [0, 0.1) is 11.3 Å². The number of hydrogen-bond acceptors (Lipinski definition) is 2. The van der Waals surface area contributed by atoms with Crippen LogP contribution in [0.5, 0.6) is 0 Å². The molecule has 0 heterocycles. The molecule has 20 heavy (non-hydrogen) atoms. The van der Waals surface area contributed by atoms with Gasteiger partial charge in [0.05, 0.1) is 6.61 Å². The lowest BCUT2D eigenvalue weighted by atomic mass is 9.70. The molecule has 2 heteroatoms. The van der Waals surface area contributed by atoms with Crippen LogP contribution in [0.2, 0.25) is 0 Å². The van der Waals surface area contributed by atoms with Crippen molar-refractivity contribution in [3.05, 3.63) is 29.8 Å². The molecule has 0 spiro atoms. The maximum Gasteiger partial charge on any atom is 0.0503 e. The van der Waals surface area contributed by atoms with Crippen LogP contribution in [0.1, 0.15) is 45.6 Å². The number of hydrogen-bond donors (Lipinski definition) is 1. The van der Waals surface area contributed by atoms with E-state index in [4.69, 9.17) is 4.74 Å². The highest BCUT2D eigenvalue weighted by Crippen LogP contribution is 2.39. The second-order valence-electron chi connectivity index (χ2n) is 7.15. The molecular weight excluding hydrogens is 246 g/mol. The lowest BCUT2D eigenvalue weighted by Crippen LogP contribution is -2.35. The third kappa shape index (κ3) is 4.24. The highest BCUT2D eigenvalue weighted by molar-refractivity contribution is 5.52. The summed E-state index contributed by atoms with van der Waals surface area (Å²) in [5.74, 6) is 0.808. The quantitative estimate of drug-likeness (QED) is 0.854. The summed E-state index contributed by atoms with van der Waals surface area (Å²) < 4.78 is 5.21. The Labute approximate surface area is 123 Å². The Kier molecular flexibility index (Phi) is 5.09. The maximum absolute atomic E-state index is 5.21. The van der Waals surface area contributed by atoms with Gasteiger partial charge in [0.25, 0.3) is 0 Å². The summed E-state index contributed by atoms with van der Waals surface area (Å²) in [4.78, 5) is 0. The Balaban J connectivity index is 2.05. The third-order valence-corrected chi connectivity index (χ3v) is 4.34. The zero-order valence-electron chi connectivity index (χ0n) is 13.4. The number of ether oxygens (including phenoxy) is 1. The maximum atomic E-state index is 5.21. The molecule has 0 aromatic heterocycles. The standard InChI is InChI=1S/C18H29NO/c1-14-11-16(13-18(2,3)12-14)19-17-8-6-5-7-15(17)9-10-20-4/h5-8,14,16,19H,9-13H2,1-4H3. The number of methoxy groups -OCH3 is 1. The fourth-order valence-corrected chi connectivity index (χ4v) is 3.77. The van der Waals surface area contributed by atoms with Crippen LogP contribution >= 0.6 is 0 Å². The van der Waals surface area contributed by atoms with Crippen molar-refractivity contribution in [2.24, 2.45) is 11.3 Å². The first-order valence-corrected chi connectivity index (χ1v) is 7.83. The molecule has 1 N–H and O–H groups in total. The number of nitrogens with one attached hydrogen (secondary N) is 1. The van der Waals surface area contributed by atoms with Gasteiger partial charge in [-0.25, -0.2) is 0 Å². The van der Waals surface area contributed by atoms with E-state index >= 15 is 0 Å². The van der Waals surface area contributed by atoms with Crippen LogP contribution in [0.4, 0.5) is 5.69 Å². The predicted molar refractivity (Wildman–Crippen MR) is 86.2 cm³/mol. The molecule has 1 saturated carbocycles. The topological polar surface area (TPSA) is 21.3 Å². The van der Waals surface area contributed by atoms with Gasteiger partial charge in [-0.1, -0.05) is 39.0 Å². The second kappa shape index (κ2) is 6.62. The average molecular weight is 275 g/mol. The Bertz CT molecular complexity index is 427. The number of benzene rings is 1. The summed E-state index contributed by atoms with van der Waals surface area (Å²) in [6, 6.07) is 9.24. The van der Waals surface area contributed by atoms with E-state index in [1.54, 1.807) is 7.11 Å². The monoisotopic (exact) mass is 275 g/mol. The van der Waals surface area contributed by atoms with E-state index in [1.807, 2.05) is 0 Å². The summed E-state index contributed by atoms with van der Waals surface area (Å²) in [6.07, 6.45) is 4.86. The van der Waals surface area contributed by atoms with Crippen LogP contribution in [0.15, 0.2) is 24.3 Å². The van der Waals surface area contributed by atoms with E-state index in [9.17, 15) is 0 Å². The SMILES string of the molecule is COCCc1ccccc1NC1CC(C)CC(C)(C)C1. The Hall–Kier alpha value is -1.02. The summed E-state index contributed by atoms with van der Waals surface area (Å²) in [7, 11) is 1.77. The third-order valence-electron chi connectivity index (χ3n) is 4.34. The Morgan fingerprint density at radius 2 is 2.00 bits per heavy atom. The van der Waals surface area contributed by atoms with E-state index in [2.05, 4.69) is 50.4 Å². The molecule has 0 amide bonds. The van der Waals surface area contributed by atoms with Gasteiger partial charge in [-0.2, -0.15) is 0 Å². The molecule has 112 valence electrons. The molecular formula is C18H29NO. The first-order valence-electron chi connectivity index (χ1n) is 7.83. The molecule has 0 bridgehead atoms. The molecule has 1 fully saturated rings. The highest BCUT2D eigenvalue weighted by Gasteiger charge is 2.32. The van der Waals surface area contributed by atoms with Crippen molar-refractivity contribution in [2.75, 3.05) is 19.0 Å². The molecule has 1 aromatic carbocycles. The normalized spacial score (nSPS) is 25.4. The number of rotatable bonds is 5. The highest BCUT2D eigenvalue weighted by atomic mass is 16.5. The van der Waals surface area contributed by atoms with Crippen LogP contribution in [-0.4, -0.2) is 19.8 Å². The van der Waals surface area contributed by atoms with E-state index in [0.29, 0.717) is 11.5 Å². The molecule has 2 nitrogen and oxygen atoms in total. The molecule has 0 radical (unpaired) electrons. The predicted octanol–water partition coefficient (Wildman–Crippen LogP) is 4.50. The first-order chi connectivity index (χ1) is 9.50. The van der Waals surface area contributed by atoms with E-state index in [0.717, 1.165) is 18.9 Å². The van der Waals surface area contributed by atoms with Crippen molar-refractivity contribution < 1.29 is 4.74 Å². The van der Waals surface area contributed by atoms with Crippen molar-refractivity contribution in [3.8, 4) is 0 Å². The molecule has 1 aromatic rings. The minimum Gasteiger partial charge on any atom is -0.384 e. The van der Waals surface area contributed by atoms with Gasteiger partial charge in [0.2, 0.25) is 0 Å². The fourth-order valence-electron chi connectivity index (χ4n) is 3.77. The van der Waals surface area contributed by atoms with Crippen molar-refractivity contribution in [1.29, 1.82) is 0 Å². The smallest absolute Gasteiger partial charge is 0.0503 e. The largest absolute Gasteiger partial charge is 0.384 e. The molecule has 2 rings (SSSR count). The van der Waals surface area contributed by atoms with Gasteiger partial charge in [-0.05, 0) is 48.6 Å². The van der Waals surface area contributed by atoms with Gasteiger partial charge in [0, 0.05) is 18.8 Å². The van der Waals surface area contributed by atoms with Crippen LogP contribution < -0.4 is 5.32 Å². The molecule has 1 aliphatic rings. The van der Waals surface area contributed by atoms with E-state index in [-0.39, 0.29) is 0 Å². The number of anilines is 1. The summed E-state index contributed by atoms with van der Waals surface area (Å²) in [6.45, 7) is 7.96.